The first kappa shape index (κ1) is 20.6. The second-order valence-corrected chi connectivity index (χ2v) is 8.67. The molecule has 0 unspecified atom stereocenters. The summed E-state index contributed by atoms with van der Waals surface area (Å²) in [7, 11) is 0. The summed E-state index contributed by atoms with van der Waals surface area (Å²) in [6.45, 7) is 2.88. The van der Waals surface area contributed by atoms with Gasteiger partial charge in [-0.2, -0.15) is 0 Å². The zero-order valence-electron chi connectivity index (χ0n) is 17.6. The van der Waals surface area contributed by atoms with Crippen LogP contribution in [0.15, 0.2) is 61.1 Å². The lowest BCUT2D eigenvalue weighted by molar-refractivity contribution is -0.117. The zero-order chi connectivity index (χ0) is 22.1. The molecule has 2 heterocycles. The molecule has 8 heteroatoms. The molecular formula is C24H24ClN5O2. The maximum atomic E-state index is 13.0. The maximum Gasteiger partial charge on any atom is 0.253 e. The Hall–Kier alpha value is -3.32. The molecular weight excluding hydrogens is 426 g/mol. The molecule has 2 aliphatic rings. The third-order valence-corrected chi connectivity index (χ3v) is 6.17. The Morgan fingerprint density at radius 3 is 2.41 bits per heavy atom. The van der Waals surface area contributed by atoms with Gasteiger partial charge < -0.3 is 19.7 Å². The molecule has 0 atom stereocenters. The number of amides is 2. The molecule has 0 radical (unpaired) electrons. The molecule has 3 aromatic rings. The standard InChI is InChI=1S/C24H24ClN5O2/c25-19-2-1-3-21(14-19)28-10-12-29(13-11-28)24(32)18-6-8-20(9-7-18)30-15-22(26-16-30)27-23(31)17-4-5-17/h1-3,6-9,14-17H,4-5,10-13H2,(H,27,31). The van der Waals surface area contributed by atoms with Gasteiger partial charge in [-0.05, 0) is 55.3 Å². The molecule has 1 aliphatic heterocycles. The highest BCUT2D eigenvalue weighted by Gasteiger charge is 2.30. The second kappa shape index (κ2) is 8.67. The minimum Gasteiger partial charge on any atom is -0.368 e. The summed E-state index contributed by atoms with van der Waals surface area (Å²) in [5, 5.41) is 3.56. The third-order valence-electron chi connectivity index (χ3n) is 5.93. The topological polar surface area (TPSA) is 70.5 Å². The van der Waals surface area contributed by atoms with E-state index in [1.165, 1.54) is 0 Å². The van der Waals surface area contributed by atoms with Crippen LogP contribution in [0.25, 0.3) is 5.69 Å². The van der Waals surface area contributed by atoms with E-state index >= 15 is 0 Å². The van der Waals surface area contributed by atoms with E-state index in [4.69, 9.17) is 11.6 Å². The van der Waals surface area contributed by atoms with Gasteiger partial charge in [-0.3, -0.25) is 9.59 Å². The van der Waals surface area contributed by atoms with Crippen LogP contribution >= 0.6 is 11.6 Å². The number of carbonyl (C=O) groups is 2. The van der Waals surface area contributed by atoms with E-state index < -0.39 is 0 Å². The van der Waals surface area contributed by atoms with Crippen molar-refractivity contribution in [2.75, 3.05) is 36.4 Å². The monoisotopic (exact) mass is 449 g/mol. The first-order valence-electron chi connectivity index (χ1n) is 10.8. The molecule has 0 bridgehead atoms. The van der Waals surface area contributed by atoms with Crippen LogP contribution in [0, 0.1) is 5.92 Å². The molecule has 7 nitrogen and oxygen atoms in total. The fourth-order valence-corrected chi connectivity index (χ4v) is 4.09. The number of rotatable bonds is 5. The first-order chi connectivity index (χ1) is 15.6. The second-order valence-electron chi connectivity index (χ2n) is 8.24. The molecule has 2 aromatic carbocycles. The van der Waals surface area contributed by atoms with Crippen molar-refractivity contribution in [2.24, 2.45) is 5.92 Å². The Kier molecular flexibility index (Phi) is 5.57. The number of imidazole rings is 1. The molecule has 1 saturated carbocycles. The van der Waals surface area contributed by atoms with Crippen LogP contribution in [0.5, 0.6) is 0 Å². The fraction of sp³-hybridized carbons (Fsp3) is 0.292. The molecule has 1 N–H and O–H groups in total. The molecule has 5 rings (SSSR count). The van der Waals surface area contributed by atoms with Gasteiger partial charge in [-0.25, -0.2) is 4.98 Å². The Bertz CT molecular complexity index is 1130. The van der Waals surface area contributed by atoms with Crippen LogP contribution in [0.3, 0.4) is 0 Å². The van der Waals surface area contributed by atoms with Crippen molar-refractivity contribution in [3.05, 3.63) is 71.6 Å². The summed E-state index contributed by atoms with van der Waals surface area (Å²) >= 11 is 6.10. The van der Waals surface area contributed by atoms with E-state index in [0.717, 1.165) is 42.3 Å². The molecule has 164 valence electrons. The normalized spacial score (nSPS) is 16.2. The average Bonchev–Trinajstić information content (AvgIpc) is 3.58. The summed E-state index contributed by atoms with van der Waals surface area (Å²) in [4.78, 5) is 33.2. The van der Waals surface area contributed by atoms with Crippen LogP contribution in [-0.2, 0) is 4.79 Å². The van der Waals surface area contributed by atoms with Crippen LogP contribution in [0.2, 0.25) is 5.02 Å². The Balaban J connectivity index is 1.19. The maximum absolute atomic E-state index is 13.0. The van der Waals surface area contributed by atoms with Crippen molar-refractivity contribution < 1.29 is 9.59 Å². The number of nitrogens with zero attached hydrogens (tertiary/aromatic N) is 4. The van der Waals surface area contributed by atoms with Crippen molar-refractivity contribution in [1.29, 1.82) is 0 Å². The summed E-state index contributed by atoms with van der Waals surface area (Å²) in [6.07, 6.45) is 5.36. The zero-order valence-corrected chi connectivity index (χ0v) is 18.3. The van der Waals surface area contributed by atoms with Crippen molar-refractivity contribution in [1.82, 2.24) is 14.5 Å². The fourth-order valence-electron chi connectivity index (χ4n) is 3.90. The summed E-state index contributed by atoms with van der Waals surface area (Å²) < 4.78 is 1.83. The van der Waals surface area contributed by atoms with Crippen molar-refractivity contribution in [3.8, 4) is 5.69 Å². The number of carbonyl (C=O) groups excluding carboxylic acids is 2. The number of piperazine rings is 1. The molecule has 0 spiro atoms. The number of nitrogens with one attached hydrogen (secondary N) is 1. The van der Waals surface area contributed by atoms with Gasteiger partial charge in [0.05, 0.1) is 6.20 Å². The number of hydrogen-bond acceptors (Lipinski definition) is 4. The van der Waals surface area contributed by atoms with E-state index in [1.54, 1.807) is 12.5 Å². The number of hydrogen-bond donors (Lipinski definition) is 1. The van der Waals surface area contributed by atoms with Gasteiger partial charge in [0.1, 0.15) is 6.33 Å². The first-order valence-corrected chi connectivity index (χ1v) is 11.2. The number of benzene rings is 2. The highest BCUT2D eigenvalue weighted by Crippen LogP contribution is 2.30. The summed E-state index contributed by atoms with van der Waals surface area (Å²) in [5.74, 6) is 0.745. The number of halogens is 1. The van der Waals surface area contributed by atoms with Crippen molar-refractivity contribution >= 4 is 34.9 Å². The van der Waals surface area contributed by atoms with Gasteiger partial charge in [0.15, 0.2) is 5.82 Å². The molecule has 1 saturated heterocycles. The predicted molar refractivity (Wildman–Crippen MR) is 124 cm³/mol. The highest BCUT2D eigenvalue weighted by atomic mass is 35.5. The van der Waals surface area contributed by atoms with Crippen LogP contribution in [0.4, 0.5) is 11.5 Å². The lowest BCUT2D eigenvalue weighted by Crippen LogP contribution is -2.48. The van der Waals surface area contributed by atoms with Crippen LogP contribution in [-0.4, -0.2) is 52.4 Å². The Morgan fingerprint density at radius 1 is 0.969 bits per heavy atom. The number of anilines is 2. The van der Waals surface area contributed by atoms with Gasteiger partial charge in [0.2, 0.25) is 5.91 Å². The Labute approximate surface area is 191 Å². The lowest BCUT2D eigenvalue weighted by Gasteiger charge is -2.36. The summed E-state index contributed by atoms with van der Waals surface area (Å²) in [5.41, 5.74) is 2.63. The molecule has 32 heavy (non-hydrogen) atoms. The van der Waals surface area contributed by atoms with Crippen LogP contribution in [0.1, 0.15) is 23.2 Å². The minimum absolute atomic E-state index is 0.0327. The Morgan fingerprint density at radius 2 is 1.72 bits per heavy atom. The molecule has 2 amide bonds. The molecule has 1 aromatic heterocycles. The minimum atomic E-state index is 0.0327. The van der Waals surface area contributed by atoms with E-state index in [9.17, 15) is 9.59 Å². The molecule has 1 aliphatic carbocycles. The van der Waals surface area contributed by atoms with Gasteiger partial charge in [0.25, 0.3) is 5.91 Å². The van der Waals surface area contributed by atoms with E-state index in [1.807, 2.05) is 58.0 Å². The van der Waals surface area contributed by atoms with Gasteiger partial charge in [0, 0.05) is 54.1 Å². The third kappa shape index (κ3) is 4.48. The highest BCUT2D eigenvalue weighted by molar-refractivity contribution is 6.30. The smallest absolute Gasteiger partial charge is 0.253 e. The van der Waals surface area contributed by atoms with E-state index in [2.05, 4.69) is 15.2 Å². The predicted octanol–water partition coefficient (Wildman–Crippen LogP) is 3.84. The average molecular weight is 450 g/mol. The van der Waals surface area contributed by atoms with Gasteiger partial charge in [-0.15, -0.1) is 0 Å². The van der Waals surface area contributed by atoms with E-state index in [0.29, 0.717) is 24.5 Å². The van der Waals surface area contributed by atoms with Gasteiger partial charge in [-0.1, -0.05) is 17.7 Å². The van der Waals surface area contributed by atoms with Crippen molar-refractivity contribution in [2.45, 2.75) is 12.8 Å². The number of aromatic nitrogens is 2. The quantitative estimate of drug-likeness (QED) is 0.642. The van der Waals surface area contributed by atoms with Crippen molar-refractivity contribution in [3.63, 3.8) is 0 Å². The van der Waals surface area contributed by atoms with E-state index in [-0.39, 0.29) is 17.7 Å². The summed E-state index contributed by atoms with van der Waals surface area (Å²) in [6, 6.07) is 15.3. The molecule has 2 fully saturated rings. The van der Waals surface area contributed by atoms with Crippen LogP contribution < -0.4 is 10.2 Å². The SMILES string of the molecule is O=C(Nc1cn(-c2ccc(C(=O)N3CCN(c4cccc(Cl)c4)CC3)cc2)cn1)C1CC1. The lowest BCUT2D eigenvalue weighted by atomic mass is 10.1. The van der Waals surface area contributed by atoms with Gasteiger partial charge >= 0.3 is 0 Å². The largest absolute Gasteiger partial charge is 0.368 e.